The summed E-state index contributed by atoms with van der Waals surface area (Å²) in [5.74, 6) is 0.747. The second kappa shape index (κ2) is 13.3. The number of nitrogens with one attached hydrogen (secondary N) is 2. The first kappa shape index (κ1) is 22.9. The van der Waals surface area contributed by atoms with E-state index in [1.807, 2.05) is 38.4 Å². The van der Waals surface area contributed by atoms with E-state index in [1.54, 1.807) is 0 Å². The number of nitrogens with two attached hydrogens (primary N) is 1. The summed E-state index contributed by atoms with van der Waals surface area (Å²) >= 11 is 0. The van der Waals surface area contributed by atoms with Crippen LogP contribution in [0.1, 0.15) is 0 Å². The number of anilines is 1. The molecule has 0 aliphatic carbocycles. The molecule has 0 aliphatic rings. The molecule has 0 unspecified atom stereocenters. The van der Waals surface area contributed by atoms with Gasteiger partial charge in [-0.1, -0.05) is 0 Å². The Morgan fingerprint density at radius 1 is 1.25 bits per heavy atom. The third-order valence-corrected chi connectivity index (χ3v) is 1.94. The summed E-state index contributed by atoms with van der Waals surface area (Å²) in [4.78, 5) is 18.8. The number of hydrogen-bond donors (Lipinski definition) is 5. The number of benzene rings is 1. The van der Waals surface area contributed by atoms with Gasteiger partial charge in [-0.15, -0.1) is 20.2 Å². The smallest absolute Gasteiger partial charge is 0.291 e. The van der Waals surface area contributed by atoms with Crippen LogP contribution in [0.15, 0.2) is 24.3 Å². The Kier molecular flexibility index (Phi) is 12.7. The van der Waals surface area contributed by atoms with E-state index >= 15 is 0 Å². The molecule has 1 aromatic carbocycles. The quantitative estimate of drug-likeness (QED) is 0.212. The predicted octanol–water partition coefficient (Wildman–Crippen LogP) is 0.237. The van der Waals surface area contributed by atoms with Gasteiger partial charge in [-0.05, 0) is 38.4 Å². The summed E-state index contributed by atoms with van der Waals surface area (Å²) in [6.07, 6.45) is 0. The van der Waals surface area contributed by atoms with Crippen molar-refractivity contribution in [1.29, 1.82) is 5.41 Å². The largest absolute Gasteiger partial charge is 0.492 e. The van der Waals surface area contributed by atoms with E-state index in [9.17, 15) is 0 Å². The molecule has 6 N–H and O–H groups in total. The van der Waals surface area contributed by atoms with E-state index in [1.165, 1.54) is 0 Å². The Balaban J connectivity index is 0. The molecule has 136 valence electrons. The molecule has 0 aliphatic heterocycles. The average Bonchev–Trinajstić information content (AvgIpc) is 2.38. The summed E-state index contributed by atoms with van der Waals surface area (Å²) in [5, 5.41) is 37.1. The molecule has 0 aromatic heterocycles. The highest BCUT2D eigenvalue weighted by molar-refractivity contribution is 5.89. The standard InChI is InChI=1S/C11H18N4O.2HNO3/c1-15(2)7-8-16-10-5-3-9(4-6-10)14-11(12)13;2*2-1(3)4/h3-6H,7-8H2,1-2H3,(H4,12,13,14);2*(H,2,3,4). The lowest BCUT2D eigenvalue weighted by molar-refractivity contribution is -0.742. The van der Waals surface area contributed by atoms with Crippen molar-refractivity contribution in [1.82, 2.24) is 4.90 Å². The van der Waals surface area contributed by atoms with Crippen molar-refractivity contribution < 1.29 is 25.3 Å². The first-order valence-electron chi connectivity index (χ1n) is 6.19. The molecule has 0 amide bonds. The number of likely N-dealkylation sites (N-methyl/N-ethyl adjacent to an activating group) is 1. The third kappa shape index (κ3) is 21.0. The Morgan fingerprint density at radius 3 is 2.00 bits per heavy atom. The SMILES string of the molecule is CN(C)CCOc1ccc(NC(=N)N)cc1.O=[N+]([O-])O.O=[N+]([O-])O. The van der Waals surface area contributed by atoms with E-state index in [2.05, 4.69) is 10.2 Å². The Labute approximate surface area is 137 Å². The van der Waals surface area contributed by atoms with Crippen molar-refractivity contribution in [3.05, 3.63) is 44.5 Å². The molecule has 0 heterocycles. The fourth-order valence-electron chi connectivity index (χ4n) is 1.14. The van der Waals surface area contributed by atoms with Gasteiger partial charge >= 0.3 is 0 Å². The first-order valence-corrected chi connectivity index (χ1v) is 6.19. The highest BCUT2D eigenvalue weighted by Gasteiger charge is 1.96. The van der Waals surface area contributed by atoms with Gasteiger partial charge in [0.2, 0.25) is 0 Å². The molecule has 0 bridgehead atoms. The molecule has 0 saturated heterocycles. The lowest BCUT2D eigenvalue weighted by atomic mass is 10.3. The fraction of sp³-hybridized carbons (Fsp3) is 0.364. The number of nitrogens with zero attached hydrogens (tertiary/aromatic N) is 3. The van der Waals surface area contributed by atoms with Crippen LogP contribution >= 0.6 is 0 Å². The summed E-state index contributed by atoms with van der Waals surface area (Å²) in [7, 11) is 4.01. The maximum Gasteiger partial charge on any atom is 0.291 e. The molecule has 0 atom stereocenters. The Bertz CT molecular complexity index is 488. The lowest BCUT2D eigenvalue weighted by Crippen LogP contribution is -2.20. The van der Waals surface area contributed by atoms with Crippen molar-refractivity contribution in [2.24, 2.45) is 5.73 Å². The van der Waals surface area contributed by atoms with Crippen LogP contribution in [0.2, 0.25) is 0 Å². The van der Waals surface area contributed by atoms with Crippen molar-refractivity contribution in [3.8, 4) is 5.75 Å². The van der Waals surface area contributed by atoms with Gasteiger partial charge in [-0.3, -0.25) is 5.41 Å². The van der Waals surface area contributed by atoms with Crippen LogP contribution in [0.25, 0.3) is 0 Å². The summed E-state index contributed by atoms with van der Waals surface area (Å²) < 4.78 is 5.52. The molecule has 13 heteroatoms. The van der Waals surface area contributed by atoms with Crippen LogP contribution in [0.4, 0.5) is 5.69 Å². The van der Waals surface area contributed by atoms with Crippen LogP contribution < -0.4 is 15.8 Å². The summed E-state index contributed by atoms with van der Waals surface area (Å²) in [6, 6.07) is 7.35. The number of hydrogen-bond acceptors (Lipinski definition) is 7. The number of rotatable bonds is 5. The zero-order valence-electron chi connectivity index (χ0n) is 13.1. The van der Waals surface area contributed by atoms with Crippen molar-refractivity contribution in [3.63, 3.8) is 0 Å². The number of ether oxygens (including phenoxy) is 1. The molecule has 1 aromatic rings. The molecule has 0 spiro atoms. The van der Waals surface area contributed by atoms with Gasteiger partial charge in [0, 0.05) is 12.2 Å². The van der Waals surface area contributed by atoms with Crippen LogP contribution in [0.3, 0.4) is 0 Å². The topological polar surface area (TPSA) is 201 Å². The predicted molar refractivity (Wildman–Crippen MR) is 83.6 cm³/mol. The summed E-state index contributed by atoms with van der Waals surface area (Å²) in [6.45, 7) is 1.54. The zero-order chi connectivity index (χ0) is 19.1. The Hall–Kier alpha value is -3.35. The van der Waals surface area contributed by atoms with Crippen LogP contribution in [0, 0.1) is 25.6 Å². The van der Waals surface area contributed by atoms with Crippen molar-refractivity contribution >= 4 is 11.6 Å². The number of guanidine groups is 1. The van der Waals surface area contributed by atoms with Gasteiger partial charge in [-0.25, -0.2) is 0 Å². The van der Waals surface area contributed by atoms with Crippen molar-refractivity contribution in [2.45, 2.75) is 0 Å². The van der Waals surface area contributed by atoms with Gasteiger partial charge in [0.25, 0.3) is 10.2 Å². The highest BCUT2D eigenvalue weighted by atomic mass is 16.9. The van der Waals surface area contributed by atoms with E-state index in [0.717, 1.165) is 18.0 Å². The first-order chi connectivity index (χ1) is 11.0. The molecule has 0 fully saturated rings. The van der Waals surface area contributed by atoms with E-state index < -0.39 is 10.2 Å². The van der Waals surface area contributed by atoms with Crippen LogP contribution in [-0.2, 0) is 0 Å². The Morgan fingerprint density at radius 2 is 1.67 bits per heavy atom. The van der Waals surface area contributed by atoms with E-state index in [-0.39, 0.29) is 5.96 Å². The maximum absolute atomic E-state index is 8.36. The van der Waals surface area contributed by atoms with E-state index in [0.29, 0.717) is 6.61 Å². The van der Waals surface area contributed by atoms with Crippen molar-refractivity contribution in [2.75, 3.05) is 32.6 Å². The fourth-order valence-corrected chi connectivity index (χ4v) is 1.14. The highest BCUT2D eigenvalue weighted by Crippen LogP contribution is 2.15. The van der Waals surface area contributed by atoms with Gasteiger partial charge in [-0.2, -0.15) is 0 Å². The van der Waals surface area contributed by atoms with Crippen LogP contribution in [-0.4, -0.2) is 58.7 Å². The molecule has 13 nitrogen and oxygen atoms in total. The maximum atomic E-state index is 8.36. The van der Waals surface area contributed by atoms with Gasteiger partial charge in [0.05, 0.1) is 0 Å². The van der Waals surface area contributed by atoms with Crippen LogP contribution in [0.5, 0.6) is 5.75 Å². The summed E-state index contributed by atoms with van der Waals surface area (Å²) in [5.41, 5.74) is 6.00. The minimum Gasteiger partial charge on any atom is -0.492 e. The zero-order valence-corrected chi connectivity index (χ0v) is 13.1. The second-order valence-electron chi connectivity index (χ2n) is 4.19. The van der Waals surface area contributed by atoms with Gasteiger partial charge in [0.1, 0.15) is 12.4 Å². The molecule has 0 saturated carbocycles. The molecule has 1 rings (SSSR count). The minimum absolute atomic E-state index is 0.0683. The van der Waals surface area contributed by atoms with Gasteiger partial charge in [0.15, 0.2) is 5.96 Å². The molecule has 24 heavy (non-hydrogen) atoms. The van der Waals surface area contributed by atoms with Gasteiger partial charge < -0.3 is 31.1 Å². The second-order valence-corrected chi connectivity index (χ2v) is 4.19. The third-order valence-electron chi connectivity index (χ3n) is 1.94. The molecule has 0 radical (unpaired) electrons. The molecular formula is C11H20N6O7. The normalized spacial score (nSPS) is 8.79. The average molecular weight is 348 g/mol. The molecular weight excluding hydrogens is 328 g/mol. The monoisotopic (exact) mass is 348 g/mol. The minimum atomic E-state index is -1.50. The lowest BCUT2D eigenvalue weighted by Gasteiger charge is -2.11. The van der Waals surface area contributed by atoms with E-state index in [4.69, 9.17) is 46.5 Å².